The molecular weight excluding hydrogens is 406 g/mol. The molecule has 32 heavy (non-hydrogen) atoms. The molecule has 7 nitrogen and oxygen atoms in total. The highest BCUT2D eigenvalue weighted by Crippen LogP contribution is 2.20. The Kier molecular flexibility index (Phi) is 7.61. The maximum absolute atomic E-state index is 12.6. The van der Waals surface area contributed by atoms with Crippen molar-refractivity contribution in [2.24, 2.45) is 0 Å². The molecule has 2 aromatic rings. The summed E-state index contributed by atoms with van der Waals surface area (Å²) in [5.41, 5.74) is 2.14. The van der Waals surface area contributed by atoms with Crippen molar-refractivity contribution in [3.63, 3.8) is 0 Å². The monoisotopic (exact) mass is 437 g/mol. The summed E-state index contributed by atoms with van der Waals surface area (Å²) in [5, 5.41) is 5.98. The van der Waals surface area contributed by atoms with Crippen molar-refractivity contribution in [1.29, 1.82) is 0 Å². The number of nitrogens with one attached hydrogen (secondary N) is 2. The molecular formula is C25H31N3O4. The Hall–Kier alpha value is -3.06. The Labute approximate surface area is 189 Å². The molecule has 2 N–H and O–H groups in total. The third kappa shape index (κ3) is 6.23. The second-order valence-corrected chi connectivity index (χ2v) is 8.31. The zero-order valence-electron chi connectivity index (χ0n) is 18.3. The molecule has 2 saturated heterocycles. The van der Waals surface area contributed by atoms with E-state index in [1.54, 1.807) is 24.3 Å². The number of piperidine rings is 1. The standard InChI is InChI=1S/C25H31N3O4/c29-24(17-26-21-6-4-7-22(16-21)32-18-23-8-5-15-31-23)27-20-11-9-19(10-12-20)25(30)28-13-2-1-3-14-28/h4,6-7,9-12,16,23,26H,1-3,5,8,13-15,17-18H2,(H,27,29). The van der Waals surface area contributed by atoms with Crippen molar-refractivity contribution in [2.75, 3.05) is 43.5 Å². The minimum absolute atomic E-state index is 0.0610. The van der Waals surface area contributed by atoms with E-state index in [1.807, 2.05) is 29.2 Å². The predicted octanol–water partition coefficient (Wildman–Crippen LogP) is 3.92. The van der Waals surface area contributed by atoms with E-state index in [-0.39, 0.29) is 24.5 Å². The van der Waals surface area contributed by atoms with Crippen LogP contribution in [0.5, 0.6) is 5.75 Å². The van der Waals surface area contributed by atoms with Crippen LogP contribution in [-0.4, -0.2) is 55.7 Å². The normalized spacial score (nSPS) is 18.2. The Morgan fingerprint density at radius 2 is 1.81 bits per heavy atom. The molecule has 0 radical (unpaired) electrons. The zero-order valence-corrected chi connectivity index (χ0v) is 18.3. The van der Waals surface area contributed by atoms with Crippen molar-refractivity contribution in [1.82, 2.24) is 4.90 Å². The number of rotatable bonds is 8. The molecule has 2 amide bonds. The SMILES string of the molecule is O=C(CNc1cccc(OCC2CCCO2)c1)Nc1ccc(C(=O)N2CCCCC2)cc1. The van der Waals surface area contributed by atoms with Crippen LogP contribution in [0.3, 0.4) is 0 Å². The Morgan fingerprint density at radius 1 is 1.00 bits per heavy atom. The van der Waals surface area contributed by atoms with Crippen LogP contribution in [0.1, 0.15) is 42.5 Å². The summed E-state index contributed by atoms with van der Waals surface area (Å²) >= 11 is 0. The number of amides is 2. The van der Waals surface area contributed by atoms with Gasteiger partial charge in [0.1, 0.15) is 12.4 Å². The van der Waals surface area contributed by atoms with Gasteiger partial charge in [-0.3, -0.25) is 9.59 Å². The van der Waals surface area contributed by atoms with Crippen LogP contribution in [0.15, 0.2) is 48.5 Å². The highest BCUT2D eigenvalue weighted by molar-refractivity contribution is 5.96. The van der Waals surface area contributed by atoms with Gasteiger partial charge in [0.25, 0.3) is 5.91 Å². The molecule has 0 bridgehead atoms. The van der Waals surface area contributed by atoms with Crippen LogP contribution in [0, 0.1) is 0 Å². The number of anilines is 2. The lowest BCUT2D eigenvalue weighted by atomic mass is 10.1. The van der Waals surface area contributed by atoms with Crippen molar-refractivity contribution in [2.45, 2.75) is 38.2 Å². The van der Waals surface area contributed by atoms with Gasteiger partial charge in [0.15, 0.2) is 0 Å². The van der Waals surface area contributed by atoms with E-state index >= 15 is 0 Å². The van der Waals surface area contributed by atoms with E-state index in [9.17, 15) is 9.59 Å². The number of nitrogens with zero attached hydrogens (tertiary/aromatic N) is 1. The minimum atomic E-state index is -0.161. The first-order valence-electron chi connectivity index (χ1n) is 11.4. The molecule has 0 saturated carbocycles. The van der Waals surface area contributed by atoms with Crippen LogP contribution in [0.4, 0.5) is 11.4 Å². The topological polar surface area (TPSA) is 79.9 Å². The van der Waals surface area contributed by atoms with Crippen LogP contribution >= 0.6 is 0 Å². The fourth-order valence-electron chi connectivity index (χ4n) is 4.02. The summed E-state index contributed by atoms with van der Waals surface area (Å²) in [6, 6.07) is 14.7. The molecule has 2 aromatic carbocycles. The number of carbonyl (C=O) groups is 2. The van der Waals surface area contributed by atoms with Gasteiger partial charge in [-0.05, 0) is 68.5 Å². The lowest BCUT2D eigenvalue weighted by Gasteiger charge is -2.26. The van der Waals surface area contributed by atoms with Crippen molar-refractivity contribution in [3.8, 4) is 5.75 Å². The smallest absolute Gasteiger partial charge is 0.253 e. The average molecular weight is 438 g/mol. The van der Waals surface area contributed by atoms with Crippen molar-refractivity contribution in [3.05, 3.63) is 54.1 Å². The highest BCUT2D eigenvalue weighted by Gasteiger charge is 2.18. The molecule has 0 spiro atoms. The molecule has 1 atom stereocenters. The first kappa shape index (κ1) is 22.1. The molecule has 170 valence electrons. The Balaban J connectivity index is 1.23. The van der Waals surface area contributed by atoms with Gasteiger partial charge in [-0.25, -0.2) is 0 Å². The second kappa shape index (κ2) is 11.0. The molecule has 4 rings (SSSR count). The quantitative estimate of drug-likeness (QED) is 0.654. The van der Waals surface area contributed by atoms with Crippen molar-refractivity contribution >= 4 is 23.2 Å². The number of ether oxygens (including phenoxy) is 2. The van der Waals surface area contributed by atoms with E-state index in [1.165, 1.54) is 6.42 Å². The summed E-state index contributed by atoms with van der Waals surface area (Å²) in [5.74, 6) is 0.650. The largest absolute Gasteiger partial charge is 0.491 e. The van der Waals surface area contributed by atoms with Crippen LogP contribution < -0.4 is 15.4 Å². The Morgan fingerprint density at radius 3 is 2.56 bits per heavy atom. The number of likely N-dealkylation sites (tertiary alicyclic amines) is 1. The fraction of sp³-hybridized carbons (Fsp3) is 0.440. The van der Waals surface area contributed by atoms with Gasteiger partial charge >= 0.3 is 0 Å². The van der Waals surface area contributed by atoms with E-state index in [0.717, 1.165) is 56.8 Å². The van der Waals surface area contributed by atoms with Crippen LogP contribution in [0.25, 0.3) is 0 Å². The Bertz CT molecular complexity index is 904. The van der Waals surface area contributed by atoms with Gasteiger partial charge in [0.05, 0.1) is 12.6 Å². The van der Waals surface area contributed by atoms with Gasteiger partial charge < -0.3 is 25.0 Å². The predicted molar refractivity (Wildman–Crippen MR) is 124 cm³/mol. The van der Waals surface area contributed by atoms with Gasteiger partial charge in [-0.1, -0.05) is 6.07 Å². The third-order valence-electron chi connectivity index (χ3n) is 5.81. The van der Waals surface area contributed by atoms with Gasteiger partial charge in [0, 0.05) is 42.7 Å². The first-order chi connectivity index (χ1) is 15.7. The third-order valence-corrected chi connectivity index (χ3v) is 5.81. The summed E-state index contributed by atoms with van der Waals surface area (Å²) in [4.78, 5) is 26.8. The number of carbonyl (C=O) groups excluding carboxylic acids is 2. The maximum atomic E-state index is 12.6. The molecule has 2 heterocycles. The van der Waals surface area contributed by atoms with Crippen molar-refractivity contribution < 1.29 is 19.1 Å². The number of hydrogen-bond donors (Lipinski definition) is 2. The van der Waals surface area contributed by atoms with Gasteiger partial charge in [0.2, 0.25) is 5.91 Å². The molecule has 0 aromatic heterocycles. The summed E-state index contributed by atoms with van der Waals surface area (Å²) in [6.07, 6.45) is 5.61. The first-order valence-corrected chi connectivity index (χ1v) is 11.4. The summed E-state index contributed by atoms with van der Waals surface area (Å²) in [7, 11) is 0. The molecule has 0 aliphatic carbocycles. The fourth-order valence-corrected chi connectivity index (χ4v) is 4.02. The lowest BCUT2D eigenvalue weighted by molar-refractivity contribution is -0.114. The van der Waals surface area contributed by atoms with E-state index < -0.39 is 0 Å². The second-order valence-electron chi connectivity index (χ2n) is 8.31. The minimum Gasteiger partial charge on any atom is -0.491 e. The average Bonchev–Trinajstić information content (AvgIpc) is 3.36. The van der Waals surface area contributed by atoms with Crippen LogP contribution in [-0.2, 0) is 9.53 Å². The molecule has 2 aliphatic rings. The van der Waals surface area contributed by atoms with E-state index in [0.29, 0.717) is 17.9 Å². The molecule has 2 aliphatic heterocycles. The lowest BCUT2D eigenvalue weighted by Crippen LogP contribution is -2.35. The van der Waals surface area contributed by atoms with E-state index in [4.69, 9.17) is 9.47 Å². The van der Waals surface area contributed by atoms with E-state index in [2.05, 4.69) is 10.6 Å². The van der Waals surface area contributed by atoms with Crippen LogP contribution in [0.2, 0.25) is 0 Å². The van der Waals surface area contributed by atoms with Gasteiger partial charge in [-0.2, -0.15) is 0 Å². The zero-order chi connectivity index (χ0) is 22.2. The van der Waals surface area contributed by atoms with Gasteiger partial charge in [-0.15, -0.1) is 0 Å². The molecule has 2 fully saturated rings. The number of benzene rings is 2. The molecule has 1 unspecified atom stereocenters. The summed E-state index contributed by atoms with van der Waals surface area (Å²) < 4.78 is 11.4. The molecule has 7 heteroatoms. The highest BCUT2D eigenvalue weighted by atomic mass is 16.5. The maximum Gasteiger partial charge on any atom is 0.253 e. The number of hydrogen-bond acceptors (Lipinski definition) is 5. The summed E-state index contributed by atoms with van der Waals surface area (Å²) in [6.45, 7) is 3.12.